The van der Waals surface area contributed by atoms with E-state index in [4.69, 9.17) is 23.8 Å². The summed E-state index contributed by atoms with van der Waals surface area (Å²) in [5, 5.41) is 5.24. The minimum Gasteiger partial charge on any atom is -0.465 e. The molecule has 0 saturated carbocycles. The van der Waals surface area contributed by atoms with Crippen molar-refractivity contribution in [3.05, 3.63) is 55.8 Å². The Kier molecular flexibility index (Phi) is 6.32. The number of rotatable bonds is 3. The van der Waals surface area contributed by atoms with Gasteiger partial charge in [0, 0.05) is 15.8 Å². The van der Waals surface area contributed by atoms with Gasteiger partial charge in [0.1, 0.15) is 10.6 Å². The molecule has 0 spiro atoms. The van der Waals surface area contributed by atoms with Crippen molar-refractivity contribution in [1.82, 2.24) is 0 Å². The van der Waals surface area contributed by atoms with Gasteiger partial charge >= 0.3 is 5.97 Å². The van der Waals surface area contributed by atoms with Crippen LogP contribution in [0, 0.1) is 23.3 Å². The van der Waals surface area contributed by atoms with Crippen LogP contribution in [0.5, 0.6) is 0 Å². The van der Waals surface area contributed by atoms with Crippen LogP contribution in [0.1, 0.15) is 9.67 Å². The number of methoxy groups -OCH3 is 1. The third kappa shape index (κ3) is 4.04. The van der Waals surface area contributed by atoms with Crippen LogP contribution in [0.15, 0.2) is 22.7 Å². The van der Waals surface area contributed by atoms with Crippen LogP contribution in [0.4, 0.5) is 28.9 Å². The minimum atomic E-state index is -1.64. The highest BCUT2D eigenvalue weighted by Crippen LogP contribution is 2.37. The molecular formula is C17H8BrClF4N2O2S2. The number of anilines is 2. The quantitative estimate of drug-likeness (QED) is 0.134. The monoisotopic (exact) mass is 526 g/mol. The molecule has 0 unspecified atom stereocenters. The van der Waals surface area contributed by atoms with Gasteiger partial charge in [0.15, 0.2) is 28.4 Å². The molecule has 0 aliphatic rings. The van der Waals surface area contributed by atoms with Crippen molar-refractivity contribution in [3.63, 3.8) is 0 Å². The molecule has 4 nitrogen and oxygen atoms in total. The number of esters is 1. The highest BCUT2D eigenvalue weighted by atomic mass is 79.9. The summed E-state index contributed by atoms with van der Waals surface area (Å²) in [5.41, 5.74) is -0.697. The summed E-state index contributed by atoms with van der Waals surface area (Å²) in [7, 11) is 1.23. The summed E-state index contributed by atoms with van der Waals surface area (Å²) in [6.45, 7) is 0. The molecule has 0 radical (unpaired) electrons. The molecule has 0 bridgehead atoms. The van der Waals surface area contributed by atoms with Crippen molar-refractivity contribution in [3.8, 4) is 0 Å². The molecule has 0 saturated heterocycles. The third-order valence-electron chi connectivity index (χ3n) is 3.71. The van der Waals surface area contributed by atoms with Crippen LogP contribution in [-0.2, 0) is 4.74 Å². The van der Waals surface area contributed by atoms with Gasteiger partial charge < -0.3 is 15.4 Å². The van der Waals surface area contributed by atoms with Crippen molar-refractivity contribution in [2.75, 3.05) is 17.7 Å². The predicted molar refractivity (Wildman–Crippen MR) is 112 cm³/mol. The van der Waals surface area contributed by atoms with E-state index in [-0.39, 0.29) is 15.0 Å². The molecule has 2 N–H and O–H groups in total. The lowest BCUT2D eigenvalue weighted by Crippen LogP contribution is -2.21. The Hall–Kier alpha value is -1.95. The molecule has 1 heterocycles. The Balaban J connectivity index is 1.87. The summed E-state index contributed by atoms with van der Waals surface area (Å²) in [6.07, 6.45) is 0. The second-order valence-electron chi connectivity index (χ2n) is 5.47. The highest BCUT2D eigenvalue weighted by Gasteiger charge is 2.25. The van der Waals surface area contributed by atoms with E-state index in [1.165, 1.54) is 7.11 Å². The zero-order chi connectivity index (χ0) is 21.5. The number of thiophene rings is 1. The fraction of sp³-hybridized carbons (Fsp3) is 0.0588. The SMILES string of the molecule is COC(=O)c1sc2cc(NC(=S)Nc3c(F)c(F)c(Br)c(F)c3F)ccc2c1Cl. The molecule has 3 rings (SSSR count). The average molecular weight is 528 g/mol. The number of nitrogens with one attached hydrogen (secondary N) is 2. The zero-order valence-electron chi connectivity index (χ0n) is 14.1. The Labute approximate surface area is 183 Å². The van der Waals surface area contributed by atoms with Gasteiger partial charge in [-0.15, -0.1) is 11.3 Å². The van der Waals surface area contributed by atoms with Crippen molar-refractivity contribution in [2.24, 2.45) is 0 Å². The Bertz CT molecular complexity index is 1140. The van der Waals surface area contributed by atoms with Crippen molar-refractivity contribution >= 4 is 83.6 Å². The zero-order valence-corrected chi connectivity index (χ0v) is 18.1. The highest BCUT2D eigenvalue weighted by molar-refractivity contribution is 9.10. The van der Waals surface area contributed by atoms with Gasteiger partial charge in [0.25, 0.3) is 0 Å². The normalized spacial score (nSPS) is 10.9. The van der Waals surface area contributed by atoms with Gasteiger partial charge in [0.2, 0.25) is 0 Å². The maximum Gasteiger partial charge on any atom is 0.349 e. The van der Waals surface area contributed by atoms with Crippen LogP contribution in [0.3, 0.4) is 0 Å². The lowest BCUT2D eigenvalue weighted by Gasteiger charge is -2.13. The first-order chi connectivity index (χ1) is 13.6. The molecule has 0 fully saturated rings. The number of halogens is 6. The Morgan fingerprint density at radius 1 is 1.14 bits per heavy atom. The van der Waals surface area contributed by atoms with Gasteiger partial charge in [-0.05, 0) is 46.3 Å². The fourth-order valence-corrected chi connectivity index (χ4v) is 4.39. The standard InChI is InChI=1S/C17H8BrClF4N2O2S2/c1-27-16(26)15-9(19)6-3-2-5(4-7(6)29-15)24-17(28)25-14-12(22)10(20)8(18)11(21)13(14)23/h2-4H,1H3,(H2,24,25,28). The molecule has 3 aromatic rings. The lowest BCUT2D eigenvalue weighted by atomic mass is 10.2. The molecular weight excluding hydrogens is 520 g/mol. The number of thiocarbonyl (C=S) groups is 1. The Morgan fingerprint density at radius 2 is 1.76 bits per heavy atom. The Morgan fingerprint density at radius 3 is 2.34 bits per heavy atom. The van der Waals surface area contributed by atoms with Gasteiger partial charge in [-0.1, -0.05) is 11.6 Å². The van der Waals surface area contributed by atoms with E-state index in [2.05, 4.69) is 31.3 Å². The molecule has 0 atom stereocenters. The largest absolute Gasteiger partial charge is 0.465 e. The first kappa shape index (κ1) is 21.8. The predicted octanol–water partition coefficient (Wildman–Crippen LogP) is 6.47. The van der Waals surface area contributed by atoms with Crippen molar-refractivity contribution < 1.29 is 27.1 Å². The van der Waals surface area contributed by atoms with Crippen LogP contribution in [-0.4, -0.2) is 18.2 Å². The number of hydrogen-bond donors (Lipinski definition) is 2. The fourth-order valence-electron chi connectivity index (χ4n) is 2.36. The number of hydrogen-bond acceptors (Lipinski definition) is 4. The molecule has 2 aromatic carbocycles. The molecule has 0 aliphatic carbocycles. The van der Waals surface area contributed by atoms with E-state index in [1.54, 1.807) is 18.2 Å². The summed E-state index contributed by atoms with van der Waals surface area (Å²) < 4.78 is 59.5. The summed E-state index contributed by atoms with van der Waals surface area (Å²) in [6, 6.07) is 4.74. The molecule has 0 aliphatic heterocycles. The first-order valence-corrected chi connectivity index (χ1v) is 9.95. The summed E-state index contributed by atoms with van der Waals surface area (Å²) in [5.74, 6) is -7.06. The van der Waals surface area contributed by atoms with Crippen LogP contribution < -0.4 is 10.6 Å². The van der Waals surface area contributed by atoms with Crippen molar-refractivity contribution in [1.29, 1.82) is 0 Å². The molecule has 29 heavy (non-hydrogen) atoms. The van der Waals surface area contributed by atoms with Gasteiger partial charge in [-0.3, -0.25) is 0 Å². The molecule has 152 valence electrons. The summed E-state index contributed by atoms with van der Waals surface area (Å²) >= 11 is 14.6. The summed E-state index contributed by atoms with van der Waals surface area (Å²) in [4.78, 5) is 11.9. The second-order valence-corrected chi connectivity index (χ2v) is 8.10. The van der Waals surface area contributed by atoms with Gasteiger partial charge in [0.05, 0.1) is 16.6 Å². The second kappa shape index (κ2) is 8.42. The lowest BCUT2D eigenvalue weighted by molar-refractivity contribution is 0.0606. The smallest absolute Gasteiger partial charge is 0.349 e. The average Bonchev–Trinajstić information content (AvgIpc) is 3.03. The molecule has 0 amide bonds. The third-order valence-corrected chi connectivity index (χ3v) is 6.24. The van der Waals surface area contributed by atoms with Crippen molar-refractivity contribution in [2.45, 2.75) is 0 Å². The number of carbonyl (C=O) groups excluding carboxylic acids is 1. The first-order valence-electron chi connectivity index (χ1n) is 7.55. The number of ether oxygens (including phenoxy) is 1. The number of benzene rings is 2. The van der Waals surface area contributed by atoms with E-state index in [0.29, 0.717) is 15.8 Å². The number of carbonyl (C=O) groups is 1. The van der Waals surface area contributed by atoms with E-state index in [9.17, 15) is 22.4 Å². The van der Waals surface area contributed by atoms with Gasteiger partial charge in [-0.2, -0.15) is 0 Å². The topological polar surface area (TPSA) is 50.4 Å². The van der Waals surface area contributed by atoms with E-state index in [0.717, 1.165) is 11.3 Å². The van der Waals surface area contributed by atoms with E-state index < -0.39 is 39.4 Å². The van der Waals surface area contributed by atoms with Crippen LogP contribution in [0.2, 0.25) is 5.02 Å². The van der Waals surface area contributed by atoms with Crippen LogP contribution in [0.25, 0.3) is 10.1 Å². The van der Waals surface area contributed by atoms with Gasteiger partial charge in [-0.25, -0.2) is 22.4 Å². The molecule has 1 aromatic heterocycles. The minimum absolute atomic E-state index is 0.215. The molecule has 12 heteroatoms. The number of fused-ring (bicyclic) bond motifs is 1. The maximum absolute atomic E-state index is 13.9. The maximum atomic E-state index is 13.9. The van der Waals surface area contributed by atoms with E-state index >= 15 is 0 Å². The van der Waals surface area contributed by atoms with E-state index in [1.807, 2.05) is 0 Å². The van der Waals surface area contributed by atoms with Crippen LogP contribution >= 0.6 is 51.1 Å².